The van der Waals surface area contributed by atoms with Crippen LogP contribution in [0.25, 0.3) is 10.9 Å². The van der Waals surface area contributed by atoms with Gasteiger partial charge in [0.05, 0.1) is 15.7 Å². The average molecular weight is 486 g/mol. The van der Waals surface area contributed by atoms with E-state index in [0.717, 1.165) is 32.1 Å². The molecule has 30 heavy (non-hydrogen) atoms. The number of pyridine rings is 1. The minimum atomic E-state index is -2.61. The van der Waals surface area contributed by atoms with Crippen LogP contribution in [0.1, 0.15) is 31.4 Å². The van der Waals surface area contributed by atoms with E-state index in [4.69, 9.17) is 4.98 Å². The molecule has 1 unspecified atom stereocenters. The Balaban J connectivity index is 1.77. The van der Waals surface area contributed by atoms with Gasteiger partial charge in [-0.05, 0) is 67.2 Å². The Morgan fingerprint density at radius 1 is 1.23 bits per heavy atom. The number of fused-ring (bicyclic) bond motifs is 1. The van der Waals surface area contributed by atoms with Crippen LogP contribution in [0.2, 0.25) is 0 Å². The van der Waals surface area contributed by atoms with Crippen molar-refractivity contribution in [3.63, 3.8) is 0 Å². The van der Waals surface area contributed by atoms with Crippen molar-refractivity contribution in [1.29, 1.82) is 0 Å². The Labute approximate surface area is 185 Å². The molecule has 1 saturated carbocycles. The Morgan fingerprint density at radius 3 is 2.67 bits per heavy atom. The van der Waals surface area contributed by atoms with Gasteiger partial charge in [0.25, 0.3) is 0 Å². The van der Waals surface area contributed by atoms with Gasteiger partial charge in [0.1, 0.15) is 13.0 Å². The van der Waals surface area contributed by atoms with Crippen molar-refractivity contribution in [3.05, 3.63) is 53.3 Å². The number of anilines is 3. The molecule has 0 amide bonds. The van der Waals surface area contributed by atoms with Crippen LogP contribution < -0.4 is 15.9 Å². The van der Waals surface area contributed by atoms with Crippen LogP contribution in [0, 0.1) is 0 Å². The van der Waals surface area contributed by atoms with Crippen LogP contribution >= 0.6 is 23.1 Å². The van der Waals surface area contributed by atoms with Crippen molar-refractivity contribution in [2.24, 2.45) is 0 Å². The molecule has 2 N–H and O–H groups in total. The highest BCUT2D eigenvalue weighted by Crippen LogP contribution is 2.43. The minimum absolute atomic E-state index is 0.0356. The zero-order valence-electron chi connectivity index (χ0n) is 17.3. The Bertz CT molecular complexity index is 1170. The molecule has 156 valence electrons. The van der Waals surface area contributed by atoms with E-state index in [0.29, 0.717) is 17.7 Å². The molecule has 1 atom stereocenters. The fourth-order valence-electron chi connectivity index (χ4n) is 3.41. The van der Waals surface area contributed by atoms with E-state index in [-0.39, 0.29) is 6.04 Å². The average Bonchev–Trinajstić information content (AvgIpc) is 3.54. The predicted octanol–water partition coefficient (Wildman–Crippen LogP) is 5.64. The summed E-state index contributed by atoms with van der Waals surface area (Å²) in [5.74, 6) is 1.66. The maximum Gasteiger partial charge on any atom is 0.225 e. The summed E-state index contributed by atoms with van der Waals surface area (Å²) in [6.45, 7) is 9.32. The number of nitrogens with zero attached hydrogens (tertiary/aromatic N) is 3. The molecule has 0 aliphatic heterocycles. The van der Waals surface area contributed by atoms with Crippen LogP contribution in [-0.4, -0.2) is 34.3 Å². The van der Waals surface area contributed by atoms with Gasteiger partial charge < -0.3 is 15.2 Å². The van der Waals surface area contributed by atoms with Gasteiger partial charge in [-0.3, -0.25) is 4.98 Å². The van der Waals surface area contributed by atoms with Gasteiger partial charge in [-0.1, -0.05) is 12.1 Å². The van der Waals surface area contributed by atoms with Crippen molar-refractivity contribution in [2.75, 3.05) is 24.0 Å². The standard InChI is InChI=1S/C22H25BrN5OP/c1-5-13(2)25-22-24-12-16(23)21(28-22)27-19-11-10-18-15(20(19)30(3,4)29)8-9-17(26-18)14-6-7-14/h5,8-14H,1,6-7H2,2-4H3,(H2,24,25,27,28). The first-order valence-corrected chi connectivity index (χ1v) is 13.3. The lowest BCUT2D eigenvalue weighted by atomic mass is 10.1. The number of hydrogen-bond acceptors (Lipinski definition) is 6. The number of halogens is 1. The second-order valence-electron chi connectivity index (χ2n) is 8.07. The van der Waals surface area contributed by atoms with E-state index in [1.54, 1.807) is 25.6 Å². The molecule has 1 aliphatic rings. The maximum atomic E-state index is 13.3. The third-order valence-corrected chi connectivity index (χ3v) is 7.25. The van der Waals surface area contributed by atoms with E-state index in [2.05, 4.69) is 55.2 Å². The minimum Gasteiger partial charge on any atom is -0.348 e. The van der Waals surface area contributed by atoms with E-state index in [1.807, 2.05) is 19.1 Å². The third-order valence-electron chi connectivity index (χ3n) is 5.11. The molecule has 1 aliphatic carbocycles. The second-order valence-corrected chi connectivity index (χ2v) is 12.1. The molecule has 8 heteroatoms. The van der Waals surface area contributed by atoms with Crippen LogP contribution in [0.15, 0.2) is 47.6 Å². The molecule has 2 aromatic heterocycles. The summed E-state index contributed by atoms with van der Waals surface area (Å²) >= 11 is 3.51. The van der Waals surface area contributed by atoms with Crippen molar-refractivity contribution in [1.82, 2.24) is 15.0 Å². The monoisotopic (exact) mass is 485 g/mol. The number of nitrogens with one attached hydrogen (secondary N) is 2. The SMILES string of the molecule is C=CC(C)Nc1ncc(Br)c(Nc2ccc3nc(C4CC4)ccc3c2P(C)(C)=O)n1. The molecule has 2 heterocycles. The van der Waals surface area contributed by atoms with E-state index < -0.39 is 7.14 Å². The molecule has 0 saturated heterocycles. The maximum absolute atomic E-state index is 13.3. The summed E-state index contributed by atoms with van der Waals surface area (Å²) < 4.78 is 14.0. The molecule has 1 fully saturated rings. The molecular weight excluding hydrogens is 461 g/mol. The highest BCUT2D eigenvalue weighted by atomic mass is 79.9. The molecule has 3 aromatic rings. The van der Waals surface area contributed by atoms with Crippen LogP contribution in [-0.2, 0) is 4.57 Å². The summed E-state index contributed by atoms with van der Waals surface area (Å²) in [6, 6.07) is 8.09. The molecule has 0 radical (unpaired) electrons. The molecule has 4 rings (SSSR count). The molecular formula is C22H25BrN5OP. The van der Waals surface area contributed by atoms with Crippen molar-refractivity contribution >= 4 is 56.7 Å². The molecule has 0 bridgehead atoms. The predicted molar refractivity (Wildman–Crippen MR) is 129 cm³/mol. The van der Waals surface area contributed by atoms with E-state index in [1.165, 1.54) is 12.8 Å². The summed E-state index contributed by atoms with van der Waals surface area (Å²) in [7, 11) is -2.61. The van der Waals surface area contributed by atoms with Gasteiger partial charge in [0.15, 0.2) is 0 Å². The normalized spacial score (nSPS) is 15.1. The topological polar surface area (TPSA) is 79.8 Å². The second kappa shape index (κ2) is 8.12. The van der Waals surface area contributed by atoms with Gasteiger partial charge in [-0.15, -0.1) is 6.58 Å². The van der Waals surface area contributed by atoms with Gasteiger partial charge >= 0.3 is 0 Å². The Kier molecular flexibility index (Phi) is 5.69. The van der Waals surface area contributed by atoms with Gasteiger partial charge in [-0.2, -0.15) is 4.98 Å². The fraction of sp³-hybridized carbons (Fsp3) is 0.318. The first-order chi connectivity index (χ1) is 14.3. The third kappa shape index (κ3) is 4.42. The lowest BCUT2D eigenvalue weighted by molar-refractivity contribution is 0.588. The molecule has 6 nitrogen and oxygen atoms in total. The van der Waals surface area contributed by atoms with Gasteiger partial charge in [-0.25, -0.2) is 4.98 Å². The van der Waals surface area contributed by atoms with Crippen molar-refractivity contribution < 1.29 is 4.57 Å². The van der Waals surface area contributed by atoms with Crippen LogP contribution in [0.3, 0.4) is 0 Å². The van der Waals surface area contributed by atoms with Crippen molar-refractivity contribution in [2.45, 2.75) is 31.7 Å². The first-order valence-electron chi connectivity index (χ1n) is 9.94. The van der Waals surface area contributed by atoms with E-state index in [9.17, 15) is 4.57 Å². The summed E-state index contributed by atoms with van der Waals surface area (Å²) in [6.07, 6.45) is 5.88. The summed E-state index contributed by atoms with van der Waals surface area (Å²) in [4.78, 5) is 13.7. The molecule has 0 spiro atoms. The lowest BCUT2D eigenvalue weighted by Crippen LogP contribution is -2.16. The number of aromatic nitrogens is 3. The zero-order chi connectivity index (χ0) is 21.5. The number of rotatable bonds is 7. The largest absolute Gasteiger partial charge is 0.348 e. The Hall–Kier alpha value is -2.24. The highest BCUT2D eigenvalue weighted by Gasteiger charge is 2.26. The smallest absolute Gasteiger partial charge is 0.225 e. The number of benzene rings is 1. The summed E-state index contributed by atoms with van der Waals surface area (Å²) in [5, 5.41) is 8.24. The quantitative estimate of drug-likeness (QED) is 0.332. The zero-order valence-corrected chi connectivity index (χ0v) is 19.8. The van der Waals surface area contributed by atoms with Gasteiger partial charge in [0.2, 0.25) is 5.95 Å². The van der Waals surface area contributed by atoms with Crippen LogP contribution in [0.4, 0.5) is 17.5 Å². The lowest BCUT2D eigenvalue weighted by Gasteiger charge is -2.19. The molecule has 1 aromatic carbocycles. The fourth-order valence-corrected chi connectivity index (χ4v) is 5.18. The van der Waals surface area contributed by atoms with Crippen molar-refractivity contribution in [3.8, 4) is 0 Å². The van der Waals surface area contributed by atoms with Gasteiger partial charge in [0, 0.05) is 34.5 Å². The van der Waals surface area contributed by atoms with E-state index >= 15 is 0 Å². The summed E-state index contributed by atoms with van der Waals surface area (Å²) in [5.41, 5.74) is 2.77. The first kappa shape index (κ1) is 21.0. The number of hydrogen-bond donors (Lipinski definition) is 2. The van der Waals surface area contributed by atoms with Crippen LogP contribution in [0.5, 0.6) is 0 Å². The Morgan fingerprint density at radius 2 is 2.00 bits per heavy atom. The highest BCUT2D eigenvalue weighted by molar-refractivity contribution is 9.10.